The first-order chi connectivity index (χ1) is 18.9. The molecule has 6 aromatic rings. The number of hydrogen-bond donors (Lipinski definition) is 1. The van der Waals surface area contributed by atoms with Crippen molar-refractivity contribution in [1.82, 2.24) is 14.5 Å². The number of phenols is 1. The van der Waals surface area contributed by atoms with E-state index in [4.69, 9.17) is 4.98 Å². The van der Waals surface area contributed by atoms with E-state index in [1.165, 1.54) is 11.1 Å². The van der Waals surface area contributed by atoms with E-state index < -0.39 is 0 Å². The van der Waals surface area contributed by atoms with Gasteiger partial charge in [0.05, 0.1) is 22.6 Å². The van der Waals surface area contributed by atoms with E-state index in [-0.39, 0.29) is 5.41 Å². The van der Waals surface area contributed by atoms with Gasteiger partial charge < -0.3 is 5.11 Å². The Bertz CT molecular complexity index is 1820. The monoisotopic (exact) mass is 511 g/mol. The summed E-state index contributed by atoms with van der Waals surface area (Å²) >= 11 is 0. The average molecular weight is 512 g/mol. The Kier molecular flexibility index (Phi) is 6.19. The molecule has 0 spiro atoms. The highest BCUT2D eigenvalue weighted by atomic mass is 16.3. The van der Waals surface area contributed by atoms with E-state index in [0.29, 0.717) is 5.75 Å². The molecule has 0 aliphatic heterocycles. The molecular formula is C35H33N3O. The summed E-state index contributed by atoms with van der Waals surface area (Å²) in [6, 6.07) is 31.5. The summed E-state index contributed by atoms with van der Waals surface area (Å²) in [5, 5.41) is 13.6. The van der Waals surface area contributed by atoms with E-state index in [1.807, 2.05) is 24.4 Å². The van der Waals surface area contributed by atoms with Crippen LogP contribution in [0.15, 0.2) is 97.2 Å². The molecule has 0 bridgehead atoms. The van der Waals surface area contributed by atoms with Crippen molar-refractivity contribution in [3.05, 3.63) is 120 Å². The minimum Gasteiger partial charge on any atom is -0.505 e. The highest BCUT2D eigenvalue weighted by molar-refractivity contribution is 6.08. The van der Waals surface area contributed by atoms with Gasteiger partial charge in [0.1, 0.15) is 11.4 Å². The van der Waals surface area contributed by atoms with Crippen LogP contribution in [-0.2, 0) is 18.3 Å². The lowest BCUT2D eigenvalue weighted by molar-refractivity contribution is 0.466. The molecule has 4 heteroatoms. The largest absolute Gasteiger partial charge is 0.505 e. The molecule has 3 heterocycles. The second kappa shape index (κ2) is 9.70. The van der Waals surface area contributed by atoms with Crippen LogP contribution in [0.2, 0.25) is 0 Å². The summed E-state index contributed by atoms with van der Waals surface area (Å²) < 4.78 is 2.13. The average Bonchev–Trinajstić information content (AvgIpc) is 3.31. The highest BCUT2D eigenvalue weighted by Crippen LogP contribution is 2.38. The lowest BCUT2D eigenvalue weighted by atomic mass is 9.80. The number of nitrogens with zero attached hydrogens (tertiary/aromatic N) is 3. The molecule has 6 rings (SSSR count). The summed E-state index contributed by atoms with van der Waals surface area (Å²) in [7, 11) is 0. The first-order valence-electron chi connectivity index (χ1n) is 13.7. The number of aromatic hydroxyl groups is 1. The molecule has 0 fully saturated rings. The summed E-state index contributed by atoms with van der Waals surface area (Å²) in [5.41, 5.74) is 8.73. The summed E-state index contributed by atoms with van der Waals surface area (Å²) in [5.74, 6) is 0.323. The highest BCUT2D eigenvalue weighted by Gasteiger charge is 2.25. The fourth-order valence-corrected chi connectivity index (χ4v) is 5.58. The fraction of sp³-hybridized carbons (Fsp3) is 0.200. The van der Waals surface area contributed by atoms with E-state index in [1.54, 1.807) is 0 Å². The molecular weight excluding hydrogens is 478 g/mol. The number of para-hydroxylation sites is 1. The lowest BCUT2D eigenvalue weighted by Crippen LogP contribution is -2.20. The van der Waals surface area contributed by atoms with E-state index in [9.17, 15) is 5.11 Å². The third-order valence-electron chi connectivity index (χ3n) is 7.97. The standard InChI is InChI=1S/C35H33N3O/c1-5-23-20-24(6-2)33(39)31(21-23)38-30-15-8-7-14-27(30)28-17-18-29(37-34(28)38)25-12-11-13-26(22-25)35(3,4)32-16-9-10-19-36-32/h7-22,39H,5-6H2,1-4H3. The van der Waals surface area contributed by atoms with Gasteiger partial charge in [-0.25, -0.2) is 4.98 Å². The zero-order valence-corrected chi connectivity index (χ0v) is 22.9. The number of aryl methyl sites for hydroxylation is 2. The Balaban J connectivity index is 1.57. The molecule has 0 amide bonds. The molecule has 0 aliphatic rings. The fourth-order valence-electron chi connectivity index (χ4n) is 5.58. The molecule has 0 radical (unpaired) electrons. The quantitative estimate of drug-likeness (QED) is 0.244. The normalized spacial score (nSPS) is 11.9. The summed E-state index contributed by atoms with van der Waals surface area (Å²) in [6.45, 7) is 8.65. The molecule has 3 aromatic heterocycles. The zero-order chi connectivity index (χ0) is 27.1. The van der Waals surface area contributed by atoms with Gasteiger partial charge in [-0.1, -0.05) is 76.2 Å². The van der Waals surface area contributed by atoms with E-state index >= 15 is 0 Å². The van der Waals surface area contributed by atoms with Gasteiger partial charge >= 0.3 is 0 Å². The Morgan fingerprint density at radius 1 is 0.795 bits per heavy atom. The van der Waals surface area contributed by atoms with Crippen molar-refractivity contribution in [2.45, 2.75) is 46.0 Å². The van der Waals surface area contributed by atoms with E-state index in [0.717, 1.165) is 63.0 Å². The topological polar surface area (TPSA) is 50.9 Å². The maximum absolute atomic E-state index is 11.4. The molecule has 0 unspecified atom stereocenters. The van der Waals surface area contributed by atoms with Gasteiger partial charge in [-0.3, -0.25) is 9.55 Å². The second-order valence-electron chi connectivity index (χ2n) is 10.7. The molecule has 1 N–H and O–H groups in total. The lowest BCUT2D eigenvalue weighted by Gasteiger charge is -2.25. The predicted molar refractivity (Wildman–Crippen MR) is 161 cm³/mol. The van der Waals surface area contributed by atoms with Crippen molar-refractivity contribution in [2.75, 3.05) is 0 Å². The molecule has 0 saturated carbocycles. The van der Waals surface area contributed by atoms with E-state index in [2.05, 4.69) is 110 Å². The van der Waals surface area contributed by atoms with Crippen molar-refractivity contribution in [3.63, 3.8) is 0 Å². The smallest absolute Gasteiger partial charge is 0.146 e. The minimum atomic E-state index is -0.251. The van der Waals surface area contributed by atoms with Gasteiger partial charge in [-0.05, 0) is 72.0 Å². The van der Waals surface area contributed by atoms with Gasteiger partial charge in [-0.15, -0.1) is 0 Å². The first-order valence-corrected chi connectivity index (χ1v) is 13.7. The van der Waals surface area contributed by atoms with Crippen LogP contribution in [-0.4, -0.2) is 19.6 Å². The number of aromatic nitrogens is 3. The van der Waals surface area contributed by atoms with Crippen LogP contribution in [0, 0.1) is 0 Å². The summed E-state index contributed by atoms with van der Waals surface area (Å²) in [4.78, 5) is 9.88. The third-order valence-corrected chi connectivity index (χ3v) is 7.97. The maximum atomic E-state index is 11.4. The number of fused-ring (bicyclic) bond motifs is 3. The maximum Gasteiger partial charge on any atom is 0.146 e. The van der Waals surface area contributed by atoms with Crippen LogP contribution in [0.1, 0.15) is 50.1 Å². The number of pyridine rings is 2. The summed E-state index contributed by atoms with van der Waals surface area (Å²) in [6.07, 6.45) is 3.51. The van der Waals surface area contributed by atoms with Gasteiger partial charge in [0.15, 0.2) is 0 Å². The molecule has 39 heavy (non-hydrogen) atoms. The van der Waals surface area contributed by atoms with Gasteiger partial charge in [0, 0.05) is 27.9 Å². The van der Waals surface area contributed by atoms with Crippen molar-refractivity contribution < 1.29 is 5.11 Å². The van der Waals surface area contributed by atoms with Crippen LogP contribution >= 0.6 is 0 Å². The first kappa shape index (κ1) is 24.9. The Hall–Kier alpha value is -4.44. The zero-order valence-electron chi connectivity index (χ0n) is 22.9. The number of rotatable bonds is 6. The van der Waals surface area contributed by atoms with Crippen molar-refractivity contribution in [3.8, 4) is 22.7 Å². The SMILES string of the molecule is CCc1cc(CC)c(O)c(-n2c3ccccc3c3ccc(-c4cccc(C(C)(C)c5ccccn5)c4)nc32)c1. The minimum absolute atomic E-state index is 0.251. The van der Waals surface area contributed by atoms with Crippen LogP contribution in [0.5, 0.6) is 5.75 Å². The molecule has 194 valence electrons. The number of hydrogen-bond acceptors (Lipinski definition) is 3. The molecule has 0 saturated heterocycles. The third kappa shape index (κ3) is 4.17. The van der Waals surface area contributed by atoms with Crippen LogP contribution < -0.4 is 0 Å². The van der Waals surface area contributed by atoms with Crippen LogP contribution in [0.4, 0.5) is 0 Å². The number of benzene rings is 3. The van der Waals surface area contributed by atoms with Gasteiger partial charge in [0.25, 0.3) is 0 Å². The van der Waals surface area contributed by atoms with Gasteiger partial charge in [0.2, 0.25) is 0 Å². The molecule has 0 atom stereocenters. The van der Waals surface area contributed by atoms with Crippen molar-refractivity contribution >= 4 is 21.9 Å². The van der Waals surface area contributed by atoms with Crippen LogP contribution in [0.3, 0.4) is 0 Å². The Morgan fingerprint density at radius 2 is 1.62 bits per heavy atom. The van der Waals surface area contributed by atoms with Crippen molar-refractivity contribution in [1.29, 1.82) is 0 Å². The Labute approximate surface area is 229 Å². The second-order valence-corrected chi connectivity index (χ2v) is 10.7. The molecule has 0 aliphatic carbocycles. The Morgan fingerprint density at radius 3 is 2.38 bits per heavy atom. The van der Waals surface area contributed by atoms with Gasteiger partial charge in [-0.2, -0.15) is 0 Å². The predicted octanol–water partition coefficient (Wildman–Crippen LogP) is 8.40. The van der Waals surface area contributed by atoms with Crippen molar-refractivity contribution in [2.24, 2.45) is 0 Å². The number of phenolic OH excluding ortho intramolecular Hbond substituents is 1. The molecule has 3 aromatic carbocycles. The van der Waals surface area contributed by atoms with Crippen LogP contribution in [0.25, 0.3) is 38.9 Å². The molecule has 4 nitrogen and oxygen atoms in total.